The highest BCUT2D eigenvalue weighted by atomic mass is 16.5. The number of hydrogen-bond donors (Lipinski definition) is 0. The normalized spacial score (nSPS) is 16.3. The first-order valence-electron chi connectivity index (χ1n) is 7.71. The Bertz CT molecular complexity index is 633. The summed E-state index contributed by atoms with van der Waals surface area (Å²) in [7, 11) is 1.66. The van der Waals surface area contributed by atoms with Gasteiger partial charge in [0.25, 0.3) is 0 Å². The molecular formula is C16H21N5O2. The number of rotatable bonds is 4. The van der Waals surface area contributed by atoms with Crippen LogP contribution in [-0.4, -0.2) is 58.9 Å². The number of anilines is 1. The minimum Gasteiger partial charge on any atom is -0.497 e. The fraction of sp³-hybridized carbons (Fsp3) is 0.438. The molecule has 1 aliphatic rings. The SMILES string of the molecule is COc1ccc(N2CCN(C(=O)C(C)n3cncn3)CC2)cc1. The van der Waals surface area contributed by atoms with Gasteiger partial charge in [0.2, 0.25) is 5.91 Å². The molecule has 1 aromatic heterocycles. The van der Waals surface area contributed by atoms with E-state index in [2.05, 4.69) is 15.0 Å². The molecule has 0 radical (unpaired) electrons. The van der Waals surface area contributed by atoms with E-state index < -0.39 is 0 Å². The highest BCUT2D eigenvalue weighted by Crippen LogP contribution is 2.21. The van der Waals surface area contributed by atoms with Gasteiger partial charge in [-0.25, -0.2) is 9.67 Å². The molecule has 0 aliphatic carbocycles. The van der Waals surface area contributed by atoms with Crippen molar-refractivity contribution in [1.29, 1.82) is 0 Å². The molecular weight excluding hydrogens is 294 g/mol. The Morgan fingerprint density at radius 2 is 1.87 bits per heavy atom. The van der Waals surface area contributed by atoms with Crippen LogP contribution in [0.4, 0.5) is 5.69 Å². The number of amides is 1. The van der Waals surface area contributed by atoms with Gasteiger partial charge in [0.15, 0.2) is 0 Å². The number of nitrogens with zero attached hydrogens (tertiary/aromatic N) is 5. The number of carbonyl (C=O) groups is 1. The quantitative estimate of drug-likeness (QED) is 0.848. The van der Waals surface area contributed by atoms with E-state index in [9.17, 15) is 4.79 Å². The molecule has 0 saturated carbocycles. The molecule has 1 aliphatic heterocycles. The highest BCUT2D eigenvalue weighted by Gasteiger charge is 2.26. The zero-order valence-corrected chi connectivity index (χ0v) is 13.4. The average Bonchev–Trinajstić information content (AvgIpc) is 3.15. The molecule has 0 bridgehead atoms. The van der Waals surface area contributed by atoms with Gasteiger partial charge in [-0.3, -0.25) is 4.79 Å². The van der Waals surface area contributed by atoms with E-state index in [-0.39, 0.29) is 11.9 Å². The minimum absolute atomic E-state index is 0.0879. The van der Waals surface area contributed by atoms with Gasteiger partial charge in [0, 0.05) is 31.9 Å². The van der Waals surface area contributed by atoms with E-state index in [4.69, 9.17) is 4.74 Å². The second kappa shape index (κ2) is 6.68. The van der Waals surface area contributed by atoms with Crippen LogP contribution in [0.25, 0.3) is 0 Å². The predicted molar refractivity (Wildman–Crippen MR) is 86.5 cm³/mol. The number of piperazine rings is 1. The summed E-state index contributed by atoms with van der Waals surface area (Å²) in [5.41, 5.74) is 1.15. The summed E-state index contributed by atoms with van der Waals surface area (Å²) in [4.78, 5) is 20.6. The molecule has 1 amide bonds. The zero-order chi connectivity index (χ0) is 16.2. The maximum absolute atomic E-state index is 12.5. The van der Waals surface area contributed by atoms with Crippen LogP contribution in [0.2, 0.25) is 0 Å². The fourth-order valence-electron chi connectivity index (χ4n) is 2.77. The monoisotopic (exact) mass is 315 g/mol. The average molecular weight is 315 g/mol. The first-order chi connectivity index (χ1) is 11.2. The molecule has 2 aromatic rings. The van der Waals surface area contributed by atoms with Crippen LogP contribution in [0.5, 0.6) is 5.75 Å². The van der Waals surface area contributed by atoms with Gasteiger partial charge in [-0.2, -0.15) is 5.10 Å². The molecule has 1 atom stereocenters. The molecule has 1 unspecified atom stereocenters. The number of hydrogen-bond acceptors (Lipinski definition) is 5. The third-order valence-corrected chi connectivity index (χ3v) is 4.22. The molecule has 122 valence electrons. The van der Waals surface area contributed by atoms with E-state index in [0.717, 1.165) is 24.5 Å². The molecule has 0 spiro atoms. The maximum atomic E-state index is 12.5. The van der Waals surface area contributed by atoms with Crippen molar-refractivity contribution in [1.82, 2.24) is 19.7 Å². The van der Waals surface area contributed by atoms with Gasteiger partial charge in [-0.05, 0) is 31.2 Å². The van der Waals surface area contributed by atoms with Crippen molar-refractivity contribution in [2.75, 3.05) is 38.2 Å². The first kappa shape index (κ1) is 15.3. The van der Waals surface area contributed by atoms with Crippen LogP contribution in [0, 0.1) is 0 Å². The van der Waals surface area contributed by atoms with E-state index >= 15 is 0 Å². The second-order valence-corrected chi connectivity index (χ2v) is 5.56. The summed E-state index contributed by atoms with van der Waals surface area (Å²) >= 11 is 0. The maximum Gasteiger partial charge on any atom is 0.247 e. The van der Waals surface area contributed by atoms with Crippen molar-refractivity contribution in [2.45, 2.75) is 13.0 Å². The molecule has 0 N–H and O–H groups in total. The van der Waals surface area contributed by atoms with E-state index in [1.165, 1.54) is 6.33 Å². The summed E-state index contributed by atoms with van der Waals surface area (Å²) in [6.07, 6.45) is 3.03. The Hall–Kier alpha value is -2.57. The van der Waals surface area contributed by atoms with Crippen LogP contribution in [0.3, 0.4) is 0 Å². The Labute approximate surface area is 135 Å². The molecule has 2 heterocycles. The summed E-state index contributed by atoms with van der Waals surface area (Å²) in [5, 5.41) is 4.05. The lowest BCUT2D eigenvalue weighted by Gasteiger charge is -2.37. The van der Waals surface area contributed by atoms with Crippen molar-refractivity contribution in [3.05, 3.63) is 36.9 Å². The molecule has 7 nitrogen and oxygen atoms in total. The lowest BCUT2D eigenvalue weighted by atomic mass is 10.2. The number of methoxy groups -OCH3 is 1. The molecule has 1 saturated heterocycles. The first-order valence-corrected chi connectivity index (χ1v) is 7.71. The van der Waals surface area contributed by atoms with Gasteiger partial charge in [-0.15, -0.1) is 0 Å². The van der Waals surface area contributed by atoms with Crippen molar-refractivity contribution >= 4 is 11.6 Å². The van der Waals surface area contributed by atoms with Gasteiger partial charge in [0.1, 0.15) is 24.4 Å². The molecule has 1 aromatic carbocycles. The topological polar surface area (TPSA) is 63.5 Å². The van der Waals surface area contributed by atoms with Gasteiger partial charge in [-0.1, -0.05) is 0 Å². The second-order valence-electron chi connectivity index (χ2n) is 5.56. The number of aromatic nitrogens is 3. The van der Waals surface area contributed by atoms with Crippen LogP contribution >= 0.6 is 0 Å². The number of carbonyl (C=O) groups excluding carboxylic acids is 1. The lowest BCUT2D eigenvalue weighted by Crippen LogP contribution is -2.50. The Balaban J connectivity index is 1.58. The third kappa shape index (κ3) is 3.28. The summed E-state index contributed by atoms with van der Waals surface area (Å²) in [6.45, 7) is 4.92. The summed E-state index contributed by atoms with van der Waals surface area (Å²) in [6, 6.07) is 7.70. The Morgan fingerprint density at radius 1 is 1.17 bits per heavy atom. The van der Waals surface area contributed by atoms with Crippen molar-refractivity contribution < 1.29 is 9.53 Å². The van der Waals surface area contributed by atoms with E-state index in [1.54, 1.807) is 18.1 Å². The van der Waals surface area contributed by atoms with Crippen molar-refractivity contribution in [2.24, 2.45) is 0 Å². The molecule has 7 heteroatoms. The standard InChI is InChI=1S/C16H21N5O2/c1-13(21-12-17-11-18-21)16(22)20-9-7-19(8-10-20)14-3-5-15(23-2)6-4-14/h3-6,11-13H,7-10H2,1-2H3. The third-order valence-electron chi connectivity index (χ3n) is 4.22. The largest absolute Gasteiger partial charge is 0.497 e. The zero-order valence-electron chi connectivity index (χ0n) is 13.4. The van der Waals surface area contributed by atoms with Crippen LogP contribution in [-0.2, 0) is 4.79 Å². The van der Waals surface area contributed by atoms with Crippen LogP contribution in [0.15, 0.2) is 36.9 Å². The van der Waals surface area contributed by atoms with Crippen molar-refractivity contribution in [3.63, 3.8) is 0 Å². The Morgan fingerprint density at radius 3 is 2.43 bits per heavy atom. The van der Waals surface area contributed by atoms with Crippen LogP contribution in [0.1, 0.15) is 13.0 Å². The minimum atomic E-state index is -0.315. The molecule has 23 heavy (non-hydrogen) atoms. The lowest BCUT2D eigenvalue weighted by molar-refractivity contribution is -0.134. The molecule has 3 rings (SSSR count). The van der Waals surface area contributed by atoms with E-state index in [1.807, 2.05) is 36.1 Å². The summed E-state index contributed by atoms with van der Waals surface area (Å²) in [5.74, 6) is 0.939. The van der Waals surface area contributed by atoms with E-state index in [0.29, 0.717) is 13.1 Å². The number of benzene rings is 1. The smallest absolute Gasteiger partial charge is 0.247 e. The van der Waals surface area contributed by atoms with Gasteiger partial charge < -0.3 is 14.5 Å². The van der Waals surface area contributed by atoms with Gasteiger partial charge >= 0.3 is 0 Å². The van der Waals surface area contributed by atoms with Crippen LogP contribution < -0.4 is 9.64 Å². The highest BCUT2D eigenvalue weighted by molar-refractivity contribution is 5.80. The summed E-state index contributed by atoms with van der Waals surface area (Å²) < 4.78 is 6.78. The predicted octanol–water partition coefficient (Wildman–Crippen LogP) is 1.20. The number of ether oxygens (including phenoxy) is 1. The Kier molecular flexibility index (Phi) is 4.45. The fourth-order valence-corrected chi connectivity index (χ4v) is 2.77. The van der Waals surface area contributed by atoms with Crippen molar-refractivity contribution in [3.8, 4) is 5.75 Å². The van der Waals surface area contributed by atoms with Gasteiger partial charge in [0.05, 0.1) is 7.11 Å². The molecule has 1 fully saturated rings.